The van der Waals surface area contributed by atoms with Crippen LogP contribution in [0.4, 0.5) is 4.39 Å². The van der Waals surface area contributed by atoms with Crippen LogP contribution in [0.25, 0.3) is 0 Å². The van der Waals surface area contributed by atoms with Gasteiger partial charge in [0.05, 0.1) is 6.61 Å². The number of amides is 1. The normalized spacial score (nSPS) is 24.1. The van der Waals surface area contributed by atoms with Crippen molar-refractivity contribution in [3.8, 4) is 0 Å². The van der Waals surface area contributed by atoms with Gasteiger partial charge in [-0.05, 0) is 37.1 Å². The van der Waals surface area contributed by atoms with Crippen LogP contribution in [0.5, 0.6) is 0 Å². The van der Waals surface area contributed by atoms with Gasteiger partial charge in [-0.15, -0.1) is 12.4 Å². The molecule has 2 aliphatic rings. The van der Waals surface area contributed by atoms with Crippen molar-refractivity contribution in [2.45, 2.75) is 18.9 Å². The molecule has 1 N–H and O–H groups in total. The maximum absolute atomic E-state index is 13.0. The number of hydrogen-bond donors (Lipinski definition) is 1. The van der Waals surface area contributed by atoms with Crippen LogP contribution < -0.4 is 5.32 Å². The van der Waals surface area contributed by atoms with Gasteiger partial charge in [0.1, 0.15) is 11.9 Å². The van der Waals surface area contributed by atoms with Gasteiger partial charge in [-0.2, -0.15) is 0 Å². The average Bonchev–Trinajstić information content (AvgIpc) is 2.62. The van der Waals surface area contributed by atoms with Crippen LogP contribution in [-0.2, 0) is 9.53 Å². The Morgan fingerprint density at radius 2 is 2.00 bits per heavy atom. The zero-order valence-electron chi connectivity index (χ0n) is 13.4. The first-order chi connectivity index (χ1) is 11.1. The third-order valence-corrected chi connectivity index (χ3v) is 4.44. The van der Waals surface area contributed by atoms with Crippen molar-refractivity contribution in [2.24, 2.45) is 5.92 Å². The highest BCUT2D eigenvalue weighted by Gasteiger charge is 2.33. The zero-order chi connectivity index (χ0) is 16.2. The van der Waals surface area contributed by atoms with Crippen molar-refractivity contribution >= 4 is 24.1 Å². The number of morpholine rings is 1. The van der Waals surface area contributed by atoms with Crippen LogP contribution in [0.1, 0.15) is 23.2 Å². The summed E-state index contributed by atoms with van der Waals surface area (Å²) in [6, 6.07) is 5.60. The van der Waals surface area contributed by atoms with E-state index in [1.807, 2.05) is 0 Å². The molecule has 1 aromatic rings. The van der Waals surface area contributed by atoms with E-state index in [-0.39, 0.29) is 35.8 Å². The molecule has 2 aliphatic heterocycles. The van der Waals surface area contributed by atoms with Gasteiger partial charge in [-0.25, -0.2) is 4.39 Å². The summed E-state index contributed by atoms with van der Waals surface area (Å²) in [7, 11) is 0. The number of rotatable bonds is 3. The van der Waals surface area contributed by atoms with Crippen molar-refractivity contribution in [3.63, 3.8) is 0 Å². The van der Waals surface area contributed by atoms with Gasteiger partial charge >= 0.3 is 0 Å². The third-order valence-electron chi connectivity index (χ3n) is 4.44. The summed E-state index contributed by atoms with van der Waals surface area (Å²) in [5.41, 5.74) is 0.501. The second-order valence-corrected chi connectivity index (χ2v) is 6.06. The van der Waals surface area contributed by atoms with Crippen LogP contribution >= 0.6 is 12.4 Å². The fraction of sp³-hybridized carbons (Fsp3) is 0.529. The largest absolute Gasteiger partial charge is 0.366 e. The Morgan fingerprint density at radius 1 is 1.25 bits per heavy atom. The minimum Gasteiger partial charge on any atom is -0.366 e. The summed E-state index contributed by atoms with van der Waals surface area (Å²) in [6.45, 7) is 2.88. The van der Waals surface area contributed by atoms with Crippen LogP contribution in [0.15, 0.2) is 24.3 Å². The molecule has 132 valence electrons. The Balaban J connectivity index is 0.00000208. The Kier molecular flexibility index (Phi) is 6.71. The highest BCUT2D eigenvalue weighted by molar-refractivity contribution is 5.98. The number of nitrogens with one attached hydrogen (secondary N) is 1. The van der Waals surface area contributed by atoms with E-state index >= 15 is 0 Å². The van der Waals surface area contributed by atoms with Gasteiger partial charge in [0.2, 0.25) is 0 Å². The molecule has 0 aromatic heterocycles. The van der Waals surface area contributed by atoms with Crippen molar-refractivity contribution < 1.29 is 18.7 Å². The SMILES string of the molecule is Cl.O=C(c1ccc(F)cc1)C1CCCN(C(=O)C2CNCCO2)C1. The van der Waals surface area contributed by atoms with Gasteiger partial charge in [0.25, 0.3) is 5.91 Å². The highest BCUT2D eigenvalue weighted by Crippen LogP contribution is 2.22. The summed E-state index contributed by atoms with van der Waals surface area (Å²) in [5, 5.41) is 3.14. The maximum atomic E-state index is 13.0. The van der Waals surface area contributed by atoms with Crippen LogP contribution in [0, 0.1) is 11.7 Å². The van der Waals surface area contributed by atoms with Crippen molar-refractivity contribution in [3.05, 3.63) is 35.6 Å². The molecule has 2 fully saturated rings. The van der Waals surface area contributed by atoms with Crippen LogP contribution in [-0.4, -0.2) is 55.5 Å². The molecule has 0 aliphatic carbocycles. The molecule has 3 rings (SSSR count). The van der Waals surface area contributed by atoms with Crippen molar-refractivity contribution in [2.75, 3.05) is 32.8 Å². The number of carbonyl (C=O) groups excluding carboxylic acids is 2. The molecule has 2 unspecified atom stereocenters. The Labute approximate surface area is 146 Å². The molecule has 2 heterocycles. The standard InChI is InChI=1S/C17H21FN2O3.ClH/c18-14-5-3-12(4-6-14)16(21)13-2-1-8-20(11-13)17(22)15-10-19-7-9-23-15;/h3-6,13,15,19H,1-2,7-11H2;1H. The topological polar surface area (TPSA) is 58.6 Å². The fourth-order valence-electron chi connectivity index (χ4n) is 3.17. The first kappa shape index (κ1) is 18.8. The minimum absolute atomic E-state index is 0. The molecule has 0 radical (unpaired) electrons. The van der Waals surface area contributed by atoms with E-state index in [0.29, 0.717) is 31.8 Å². The molecular weight excluding hydrogens is 335 g/mol. The Bertz CT molecular complexity index is 576. The lowest BCUT2D eigenvalue weighted by atomic mass is 9.89. The van der Waals surface area contributed by atoms with E-state index in [0.717, 1.165) is 19.4 Å². The Morgan fingerprint density at radius 3 is 2.67 bits per heavy atom. The molecule has 5 nitrogen and oxygen atoms in total. The minimum atomic E-state index is -0.455. The van der Waals surface area contributed by atoms with Crippen LogP contribution in [0.2, 0.25) is 0 Å². The van der Waals surface area contributed by atoms with Crippen LogP contribution in [0.3, 0.4) is 0 Å². The number of hydrogen-bond acceptors (Lipinski definition) is 4. The zero-order valence-corrected chi connectivity index (χ0v) is 14.2. The lowest BCUT2D eigenvalue weighted by molar-refractivity contribution is -0.146. The van der Waals surface area contributed by atoms with Gasteiger partial charge in [-0.1, -0.05) is 0 Å². The molecule has 0 bridgehead atoms. The smallest absolute Gasteiger partial charge is 0.253 e. The van der Waals surface area contributed by atoms with Gasteiger partial charge in [-0.3, -0.25) is 9.59 Å². The molecule has 2 atom stereocenters. The number of carbonyl (C=O) groups is 2. The lowest BCUT2D eigenvalue weighted by Gasteiger charge is -2.35. The monoisotopic (exact) mass is 356 g/mol. The first-order valence-corrected chi connectivity index (χ1v) is 8.06. The molecule has 1 aromatic carbocycles. The van der Waals surface area contributed by atoms with Crippen molar-refractivity contribution in [1.29, 1.82) is 0 Å². The summed E-state index contributed by atoms with van der Waals surface area (Å²) < 4.78 is 18.5. The number of nitrogens with zero attached hydrogens (tertiary/aromatic N) is 1. The van der Waals surface area contributed by atoms with Gasteiger partial charge in [0, 0.05) is 37.7 Å². The molecule has 0 spiro atoms. The highest BCUT2D eigenvalue weighted by atomic mass is 35.5. The van der Waals surface area contributed by atoms with Gasteiger partial charge in [0.15, 0.2) is 5.78 Å². The van der Waals surface area contributed by atoms with E-state index in [2.05, 4.69) is 5.32 Å². The second kappa shape index (κ2) is 8.55. The molecule has 24 heavy (non-hydrogen) atoms. The predicted molar refractivity (Wildman–Crippen MR) is 89.9 cm³/mol. The number of halogens is 2. The molecule has 7 heteroatoms. The third kappa shape index (κ3) is 4.32. The van der Waals surface area contributed by atoms with E-state index in [9.17, 15) is 14.0 Å². The maximum Gasteiger partial charge on any atom is 0.253 e. The summed E-state index contributed by atoms with van der Waals surface area (Å²) in [4.78, 5) is 26.8. The van der Waals surface area contributed by atoms with Crippen molar-refractivity contribution in [1.82, 2.24) is 10.2 Å². The number of likely N-dealkylation sites (tertiary alicyclic amines) is 1. The van der Waals surface area contributed by atoms with E-state index in [1.165, 1.54) is 24.3 Å². The average molecular weight is 357 g/mol. The number of ketones is 1. The molecule has 1 amide bonds. The second-order valence-electron chi connectivity index (χ2n) is 6.06. The van der Waals surface area contributed by atoms with E-state index < -0.39 is 6.10 Å². The number of ether oxygens (including phenoxy) is 1. The summed E-state index contributed by atoms with van der Waals surface area (Å²) in [6.07, 6.45) is 1.09. The number of Topliss-reactive ketones (excluding diaryl/α,β-unsaturated/α-hetero) is 1. The summed E-state index contributed by atoms with van der Waals surface area (Å²) in [5.74, 6) is -0.655. The lowest BCUT2D eigenvalue weighted by Crippen LogP contribution is -2.52. The van der Waals surface area contributed by atoms with Gasteiger partial charge < -0.3 is 15.0 Å². The number of piperidine rings is 1. The first-order valence-electron chi connectivity index (χ1n) is 8.06. The fourth-order valence-corrected chi connectivity index (χ4v) is 3.17. The van der Waals surface area contributed by atoms with E-state index in [1.54, 1.807) is 4.90 Å². The van der Waals surface area contributed by atoms with E-state index in [4.69, 9.17) is 4.74 Å². The number of benzene rings is 1. The summed E-state index contributed by atoms with van der Waals surface area (Å²) >= 11 is 0. The molecule has 2 saturated heterocycles. The molecule has 0 saturated carbocycles. The predicted octanol–water partition coefficient (Wildman–Crippen LogP) is 1.66. The quantitative estimate of drug-likeness (QED) is 0.837. The molecular formula is C17H22ClFN2O3. The Hall–Kier alpha value is -1.50.